The molecule has 1 aromatic heterocycles. The lowest BCUT2D eigenvalue weighted by molar-refractivity contribution is 0.183. The lowest BCUT2D eigenvalue weighted by Crippen LogP contribution is -2.37. The lowest BCUT2D eigenvalue weighted by Gasteiger charge is -2.29. The number of fused-ring (bicyclic) bond motifs is 1. The molecule has 0 amide bonds. The summed E-state index contributed by atoms with van der Waals surface area (Å²) in [5.74, 6) is 2.61. The van der Waals surface area contributed by atoms with Crippen molar-refractivity contribution in [2.45, 2.75) is 64.6 Å². The van der Waals surface area contributed by atoms with E-state index < -0.39 is 0 Å². The predicted octanol–water partition coefficient (Wildman–Crippen LogP) is 1.25. The number of aryl methyl sites for hydroxylation is 1. The quantitative estimate of drug-likeness (QED) is 0.900. The van der Waals surface area contributed by atoms with Gasteiger partial charge in [0.1, 0.15) is 11.6 Å². The van der Waals surface area contributed by atoms with Gasteiger partial charge in [0.2, 0.25) is 0 Å². The van der Waals surface area contributed by atoms with Crippen molar-refractivity contribution in [1.29, 1.82) is 0 Å². The first kappa shape index (κ1) is 14.0. The normalized spacial score (nSPS) is 27.2. The molecule has 1 fully saturated rings. The summed E-state index contributed by atoms with van der Waals surface area (Å²) in [5, 5.41) is 18.2. The molecule has 2 atom stereocenters. The third-order valence-electron chi connectivity index (χ3n) is 4.88. The average molecular weight is 278 g/mol. The Kier molecular flexibility index (Phi) is 4.08. The summed E-state index contributed by atoms with van der Waals surface area (Å²) in [7, 11) is 0. The predicted molar refractivity (Wildman–Crippen MR) is 77.5 cm³/mol. The van der Waals surface area contributed by atoms with Crippen molar-refractivity contribution in [3.05, 3.63) is 11.6 Å². The number of rotatable bonds is 4. The van der Waals surface area contributed by atoms with Crippen LogP contribution in [0.3, 0.4) is 0 Å². The van der Waals surface area contributed by atoms with Crippen LogP contribution >= 0.6 is 0 Å². The molecule has 20 heavy (non-hydrogen) atoms. The molecule has 1 N–H and O–H groups in total. The fourth-order valence-electron chi connectivity index (χ4n) is 3.72. The summed E-state index contributed by atoms with van der Waals surface area (Å²) in [4.78, 5) is 2.59. The molecule has 1 saturated heterocycles. The number of hydrogen-bond donors (Lipinski definition) is 1. The molecule has 2 aliphatic heterocycles. The highest BCUT2D eigenvalue weighted by molar-refractivity contribution is 5.03. The number of nitrogens with zero attached hydrogens (tertiary/aromatic N) is 4. The van der Waals surface area contributed by atoms with Crippen LogP contribution < -0.4 is 0 Å². The van der Waals surface area contributed by atoms with Crippen LogP contribution in [0.5, 0.6) is 0 Å². The Labute approximate surface area is 121 Å². The number of aliphatic hydroxyl groups is 1. The molecular formula is C15H26N4O. The minimum Gasteiger partial charge on any atom is -0.396 e. The minimum atomic E-state index is 0.276. The summed E-state index contributed by atoms with van der Waals surface area (Å²) >= 11 is 0. The summed E-state index contributed by atoms with van der Waals surface area (Å²) in [6, 6.07) is 1.22. The van der Waals surface area contributed by atoms with Crippen LogP contribution in [0.1, 0.15) is 44.8 Å². The van der Waals surface area contributed by atoms with Gasteiger partial charge < -0.3 is 9.67 Å². The molecule has 0 aliphatic carbocycles. The highest BCUT2D eigenvalue weighted by Gasteiger charge is 2.30. The standard InChI is InChI=1S/C15H26N4O/c1-11(2)18-7-3-4-13(18)8-15-17-16-14-6-5-12(10-20)9-19(14)15/h11-13,20H,3-10H2,1-2H3. The summed E-state index contributed by atoms with van der Waals surface area (Å²) in [6.45, 7) is 6.93. The van der Waals surface area contributed by atoms with Gasteiger partial charge in [-0.1, -0.05) is 0 Å². The van der Waals surface area contributed by atoms with Crippen molar-refractivity contribution in [1.82, 2.24) is 19.7 Å². The van der Waals surface area contributed by atoms with Crippen LogP contribution in [-0.4, -0.2) is 50.0 Å². The molecule has 1 aromatic rings. The van der Waals surface area contributed by atoms with Gasteiger partial charge in [0, 0.05) is 44.0 Å². The number of hydrogen-bond acceptors (Lipinski definition) is 4. The van der Waals surface area contributed by atoms with Crippen LogP contribution in [0.25, 0.3) is 0 Å². The van der Waals surface area contributed by atoms with Crippen molar-refractivity contribution in [2.24, 2.45) is 5.92 Å². The summed E-state index contributed by atoms with van der Waals surface area (Å²) in [6.07, 6.45) is 5.56. The summed E-state index contributed by atoms with van der Waals surface area (Å²) < 4.78 is 2.27. The molecule has 0 aromatic carbocycles. The minimum absolute atomic E-state index is 0.276. The highest BCUT2D eigenvalue weighted by atomic mass is 16.3. The zero-order chi connectivity index (χ0) is 14.1. The van der Waals surface area contributed by atoms with Crippen molar-refractivity contribution in [3.8, 4) is 0 Å². The van der Waals surface area contributed by atoms with Gasteiger partial charge in [-0.15, -0.1) is 10.2 Å². The number of likely N-dealkylation sites (tertiary alicyclic amines) is 1. The molecule has 2 unspecified atom stereocenters. The number of aromatic nitrogens is 3. The first-order chi connectivity index (χ1) is 9.69. The molecule has 112 valence electrons. The number of aliphatic hydroxyl groups excluding tert-OH is 1. The molecular weight excluding hydrogens is 252 g/mol. The van der Waals surface area contributed by atoms with Crippen molar-refractivity contribution in [3.63, 3.8) is 0 Å². The Balaban J connectivity index is 1.74. The second-order valence-electron chi connectivity index (χ2n) is 6.56. The van der Waals surface area contributed by atoms with Gasteiger partial charge in [0.15, 0.2) is 0 Å². The summed E-state index contributed by atoms with van der Waals surface area (Å²) in [5.41, 5.74) is 0. The van der Waals surface area contributed by atoms with E-state index >= 15 is 0 Å². The Morgan fingerprint density at radius 3 is 2.90 bits per heavy atom. The van der Waals surface area contributed by atoms with Crippen molar-refractivity contribution in [2.75, 3.05) is 13.2 Å². The van der Waals surface area contributed by atoms with Gasteiger partial charge in [0.25, 0.3) is 0 Å². The third kappa shape index (κ3) is 2.61. The Morgan fingerprint density at radius 2 is 2.15 bits per heavy atom. The molecule has 5 heteroatoms. The fourth-order valence-corrected chi connectivity index (χ4v) is 3.72. The van der Waals surface area contributed by atoms with E-state index in [1.165, 1.54) is 19.4 Å². The van der Waals surface area contributed by atoms with Gasteiger partial charge in [0.05, 0.1) is 0 Å². The van der Waals surface area contributed by atoms with E-state index in [4.69, 9.17) is 0 Å². The highest BCUT2D eigenvalue weighted by Crippen LogP contribution is 2.25. The van der Waals surface area contributed by atoms with Crippen LogP contribution in [0.2, 0.25) is 0 Å². The van der Waals surface area contributed by atoms with E-state index in [2.05, 4.69) is 33.5 Å². The maximum atomic E-state index is 9.38. The van der Waals surface area contributed by atoms with Gasteiger partial charge in [-0.25, -0.2) is 0 Å². The third-order valence-corrected chi connectivity index (χ3v) is 4.88. The molecule has 5 nitrogen and oxygen atoms in total. The molecule has 0 radical (unpaired) electrons. The Bertz CT molecular complexity index is 457. The average Bonchev–Trinajstić information content (AvgIpc) is 3.06. The monoisotopic (exact) mass is 278 g/mol. The van der Waals surface area contributed by atoms with Crippen LogP contribution in [0.15, 0.2) is 0 Å². The van der Waals surface area contributed by atoms with E-state index in [9.17, 15) is 5.11 Å². The first-order valence-corrected chi connectivity index (χ1v) is 7.96. The smallest absolute Gasteiger partial charge is 0.134 e. The van der Waals surface area contributed by atoms with E-state index in [0.717, 1.165) is 37.5 Å². The zero-order valence-electron chi connectivity index (χ0n) is 12.6. The van der Waals surface area contributed by atoms with Gasteiger partial charge in [-0.3, -0.25) is 4.90 Å². The van der Waals surface area contributed by atoms with Crippen molar-refractivity contribution >= 4 is 0 Å². The molecule has 0 spiro atoms. The van der Waals surface area contributed by atoms with Gasteiger partial charge in [-0.05, 0) is 39.7 Å². The largest absolute Gasteiger partial charge is 0.396 e. The topological polar surface area (TPSA) is 54.2 Å². The lowest BCUT2D eigenvalue weighted by atomic mass is 10.00. The molecule has 0 saturated carbocycles. The molecule has 2 aliphatic rings. The SMILES string of the molecule is CC(C)N1CCCC1Cc1nnc2n1CC(CO)CC2. The second-order valence-corrected chi connectivity index (χ2v) is 6.56. The zero-order valence-corrected chi connectivity index (χ0v) is 12.6. The van der Waals surface area contributed by atoms with Crippen LogP contribution in [-0.2, 0) is 19.4 Å². The van der Waals surface area contributed by atoms with Crippen LogP contribution in [0, 0.1) is 5.92 Å². The second kappa shape index (κ2) is 5.82. The maximum absolute atomic E-state index is 9.38. The van der Waals surface area contributed by atoms with Gasteiger partial charge in [-0.2, -0.15) is 0 Å². The Morgan fingerprint density at radius 1 is 1.30 bits per heavy atom. The Hall–Kier alpha value is -0.940. The van der Waals surface area contributed by atoms with Crippen molar-refractivity contribution < 1.29 is 5.11 Å². The molecule has 3 rings (SSSR count). The maximum Gasteiger partial charge on any atom is 0.134 e. The van der Waals surface area contributed by atoms with E-state index in [-0.39, 0.29) is 6.61 Å². The van der Waals surface area contributed by atoms with Gasteiger partial charge >= 0.3 is 0 Å². The van der Waals surface area contributed by atoms with Crippen LogP contribution in [0.4, 0.5) is 0 Å². The molecule has 3 heterocycles. The first-order valence-electron chi connectivity index (χ1n) is 7.96. The van der Waals surface area contributed by atoms with E-state index in [1.54, 1.807) is 0 Å². The fraction of sp³-hybridized carbons (Fsp3) is 0.867. The molecule has 0 bridgehead atoms. The van der Waals surface area contributed by atoms with E-state index in [0.29, 0.717) is 18.0 Å². The van der Waals surface area contributed by atoms with E-state index in [1.807, 2.05) is 0 Å².